The normalized spacial score (nSPS) is 16.9. The smallest absolute Gasteiger partial charge is 0.119 e. The maximum absolute atomic E-state index is 5.85. The Labute approximate surface area is 123 Å². The van der Waals surface area contributed by atoms with Crippen LogP contribution in [0.5, 0.6) is 5.75 Å². The van der Waals surface area contributed by atoms with E-state index in [0.29, 0.717) is 0 Å². The van der Waals surface area contributed by atoms with Crippen molar-refractivity contribution in [2.24, 2.45) is 0 Å². The molecule has 0 aromatic heterocycles. The van der Waals surface area contributed by atoms with Crippen LogP contribution in [-0.2, 0) is 6.54 Å². The quantitative estimate of drug-likeness (QED) is 0.828. The molecule has 1 saturated heterocycles. The first-order valence-corrected chi connectivity index (χ1v) is 8.03. The molecule has 0 saturated carbocycles. The Morgan fingerprint density at radius 1 is 1.05 bits per heavy atom. The summed E-state index contributed by atoms with van der Waals surface area (Å²) < 4.78 is 5.85. The van der Waals surface area contributed by atoms with Crippen molar-refractivity contribution in [3.63, 3.8) is 0 Å². The highest BCUT2D eigenvalue weighted by Crippen LogP contribution is 2.13. The number of likely N-dealkylation sites (tertiary alicyclic amines) is 1. The van der Waals surface area contributed by atoms with Gasteiger partial charge in [0.05, 0.1) is 0 Å². The van der Waals surface area contributed by atoms with Crippen molar-refractivity contribution in [3.8, 4) is 5.75 Å². The second-order valence-electron chi connectivity index (χ2n) is 5.53. The van der Waals surface area contributed by atoms with E-state index < -0.39 is 0 Å². The van der Waals surface area contributed by atoms with Crippen molar-refractivity contribution in [2.75, 3.05) is 32.8 Å². The van der Waals surface area contributed by atoms with Gasteiger partial charge in [-0.05, 0) is 50.2 Å². The standard InChI is InChI=1S/C17H28N2O/c1-2-18-15-16-7-9-17(10-8-16)20-14-13-19-11-5-3-4-6-12-19/h7-10,18H,2-6,11-15H2,1H3. The molecule has 1 N–H and O–H groups in total. The zero-order valence-corrected chi connectivity index (χ0v) is 12.7. The van der Waals surface area contributed by atoms with Crippen LogP contribution in [0.1, 0.15) is 38.2 Å². The van der Waals surface area contributed by atoms with Crippen LogP contribution in [0.3, 0.4) is 0 Å². The van der Waals surface area contributed by atoms with Gasteiger partial charge in [-0.2, -0.15) is 0 Å². The van der Waals surface area contributed by atoms with Gasteiger partial charge < -0.3 is 10.1 Å². The van der Waals surface area contributed by atoms with Crippen molar-refractivity contribution in [3.05, 3.63) is 29.8 Å². The minimum atomic E-state index is 0.798. The second-order valence-corrected chi connectivity index (χ2v) is 5.53. The molecule has 20 heavy (non-hydrogen) atoms. The van der Waals surface area contributed by atoms with E-state index >= 15 is 0 Å². The summed E-state index contributed by atoms with van der Waals surface area (Å²) in [4.78, 5) is 2.53. The van der Waals surface area contributed by atoms with Crippen LogP contribution in [0.15, 0.2) is 24.3 Å². The minimum absolute atomic E-state index is 0.798. The zero-order valence-electron chi connectivity index (χ0n) is 12.7. The minimum Gasteiger partial charge on any atom is -0.492 e. The predicted molar refractivity (Wildman–Crippen MR) is 84.2 cm³/mol. The molecule has 1 aliphatic rings. The molecular weight excluding hydrogens is 248 g/mol. The van der Waals surface area contributed by atoms with Gasteiger partial charge in [0.1, 0.15) is 12.4 Å². The van der Waals surface area contributed by atoms with E-state index in [0.717, 1.165) is 32.0 Å². The lowest BCUT2D eigenvalue weighted by Gasteiger charge is -2.19. The van der Waals surface area contributed by atoms with Crippen LogP contribution >= 0.6 is 0 Å². The number of nitrogens with one attached hydrogen (secondary N) is 1. The van der Waals surface area contributed by atoms with Gasteiger partial charge >= 0.3 is 0 Å². The van der Waals surface area contributed by atoms with Crippen molar-refractivity contribution in [2.45, 2.75) is 39.2 Å². The number of ether oxygens (including phenoxy) is 1. The predicted octanol–water partition coefficient (Wildman–Crippen LogP) is 3.05. The first-order valence-electron chi connectivity index (χ1n) is 8.03. The van der Waals surface area contributed by atoms with Crippen LogP contribution in [0.25, 0.3) is 0 Å². The molecule has 0 unspecified atom stereocenters. The van der Waals surface area contributed by atoms with E-state index in [9.17, 15) is 0 Å². The Hall–Kier alpha value is -1.06. The second kappa shape index (κ2) is 8.98. The summed E-state index contributed by atoms with van der Waals surface area (Å²) in [7, 11) is 0. The maximum atomic E-state index is 5.85. The molecule has 3 heteroatoms. The van der Waals surface area contributed by atoms with E-state index in [1.54, 1.807) is 0 Å². The highest BCUT2D eigenvalue weighted by molar-refractivity contribution is 5.27. The Kier molecular flexibility index (Phi) is 6.89. The van der Waals surface area contributed by atoms with Crippen molar-refractivity contribution in [1.82, 2.24) is 10.2 Å². The van der Waals surface area contributed by atoms with E-state index in [2.05, 4.69) is 41.4 Å². The van der Waals surface area contributed by atoms with E-state index in [4.69, 9.17) is 4.74 Å². The van der Waals surface area contributed by atoms with Crippen LogP contribution in [0.4, 0.5) is 0 Å². The molecule has 0 amide bonds. The molecule has 0 spiro atoms. The summed E-state index contributed by atoms with van der Waals surface area (Å²) in [5.41, 5.74) is 1.31. The van der Waals surface area contributed by atoms with Crippen LogP contribution < -0.4 is 10.1 Å². The van der Waals surface area contributed by atoms with Crippen molar-refractivity contribution < 1.29 is 4.74 Å². The topological polar surface area (TPSA) is 24.5 Å². The first-order chi connectivity index (χ1) is 9.88. The third-order valence-corrected chi connectivity index (χ3v) is 3.88. The van der Waals surface area contributed by atoms with Crippen LogP contribution in [0, 0.1) is 0 Å². The fraction of sp³-hybridized carbons (Fsp3) is 0.647. The Morgan fingerprint density at radius 3 is 2.40 bits per heavy atom. The lowest BCUT2D eigenvalue weighted by molar-refractivity contribution is 0.214. The summed E-state index contributed by atoms with van der Waals surface area (Å²) in [5, 5.41) is 3.33. The number of nitrogens with zero attached hydrogens (tertiary/aromatic N) is 1. The molecular formula is C17H28N2O. The van der Waals surface area contributed by atoms with Crippen LogP contribution in [-0.4, -0.2) is 37.7 Å². The summed E-state index contributed by atoms with van der Waals surface area (Å²) >= 11 is 0. The largest absolute Gasteiger partial charge is 0.492 e. The van der Waals surface area contributed by atoms with E-state index in [1.807, 2.05) is 0 Å². The summed E-state index contributed by atoms with van der Waals surface area (Å²) in [6.07, 6.45) is 5.48. The number of rotatable bonds is 7. The van der Waals surface area contributed by atoms with Gasteiger partial charge in [-0.3, -0.25) is 4.90 Å². The van der Waals surface area contributed by atoms with Gasteiger partial charge in [0.25, 0.3) is 0 Å². The zero-order chi connectivity index (χ0) is 14.0. The molecule has 1 aromatic rings. The SMILES string of the molecule is CCNCc1ccc(OCCN2CCCCCC2)cc1. The Balaban J connectivity index is 1.68. The molecule has 1 heterocycles. The maximum Gasteiger partial charge on any atom is 0.119 e. The van der Waals surface area contributed by atoms with Crippen molar-refractivity contribution >= 4 is 0 Å². The highest BCUT2D eigenvalue weighted by Gasteiger charge is 2.08. The molecule has 0 atom stereocenters. The van der Waals surface area contributed by atoms with Crippen LogP contribution in [0.2, 0.25) is 0 Å². The molecule has 0 radical (unpaired) electrons. The van der Waals surface area contributed by atoms with Gasteiger partial charge in [-0.15, -0.1) is 0 Å². The number of hydrogen-bond donors (Lipinski definition) is 1. The lowest BCUT2D eigenvalue weighted by Crippen LogP contribution is -2.29. The van der Waals surface area contributed by atoms with Gasteiger partial charge in [0.15, 0.2) is 0 Å². The molecule has 0 bridgehead atoms. The first kappa shape index (κ1) is 15.3. The Bertz CT molecular complexity index is 356. The molecule has 2 rings (SSSR count). The van der Waals surface area contributed by atoms with Gasteiger partial charge in [-0.1, -0.05) is 31.9 Å². The Morgan fingerprint density at radius 2 is 1.75 bits per heavy atom. The van der Waals surface area contributed by atoms with Gasteiger partial charge in [0, 0.05) is 13.1 Å². The number of benzene rings is 1. The van der Waals surface area contributed by atoms with Crippen molar-refractivity contribution in [1.29, 1.82) is 0 Å². The van der Waals surface area contributed by atoms with E-state index in [-0.39, 0.29) is 0 Å². The third-order valence-electron chi connectivity index (χ3n) is 3.88. The molecule has 1 fully saturated rings. The fourth-order valence-corrected chi connectivity index (χ4v) is 2.63. The number of hydrogen-bond acceptors (Lipinski definition) is 3. The molecule has 112 valence electrons. The molecule has 3 nitrogen and oxygen atoms in total. The van der Waals surface area contributed by atoms with E-state index in [1.165, 1.54) is 44.3 Å². The highest BCUT2D eigenvalue weighted by atomic mass is 16.5. The monoisotopic (exact) mass is 276 g/mol. The summed E-state index contributed by atoms with van der Waals surface area (Å²) in [6, 6.07) is 8.44. The molecule has 0 aliphatic carbocycles. The van der Waals surface area contributed by atoms with Gasteiger partial charge in [0.2, 0.25) is 0 Å². The summed E-state index contributed by atoms with van der Waals surface area (Å²) in [6.45, 7) is 8.40. The lowest BCUT2D eigenvalue weighted by atomic mass is 10.2. The molecule has 1 aliphatic heterocycles. The average Bonchev–Trinajstić information content (AvgIpc) is 2.75. The third kappa shape index (κ3) is 5.51. The van der Waals surface area contributed by atoms with Gasteiger partial charge in [-0.25, -0.2) is 0 Å². The average molecular weight is 276 g/mol. The summed E-state index contributed by atoms with van der Waals surface area (Å²) in [5.74, 6) is 0.986. The molecule has 1 aromatic carbocycles. The fourth-order valence-electron chi connectivity index (χ4n) is 2.63.